The van der Waals surface area contributed by atoms with Crippen molar-refractivity contribution in [1.29, 1.82) is 0 Å². The van der Waals surface area contributed by atoms with Gasteiger partial charge in [0.1, 0.15) is 0 Å². The Kier molecular flexibility index (Phi) is 2.14. The number of hydrogen-bond acceptors (Lipinski definition) is 3. The van der Waals surface area contributed by atoms with Crippen LogP contribution >= 0.6 is 0 Å². The molecule has 0 aromatic carbocycles. The fraction of sp³-hybridized carbons (Fsp3) is 0.875. The summed E-state index contributed by atoms with van der Waals surface area (Å²) in [5.74, 6) is -0.816. The maximum atomic E-state index is 10.8. The molecule has 4 heteroatoms. The largest absolute Gasteiger partial charge is 0.481 e. The predicted molar refractivity (Wildman–Crippen MR) is 43.9 cm³/mol. The molecule has 1 aliphatic rings. The Labute approximate surface area is 71.6 Å². The van der Waals surface area contributed by atoms with Gasteiger partial charge in [-0.1, -0.05) is 0 Å². The van der Waals surface area contributed by atoms with Gasteiger partial charge in [0, 0.05) is 13.1 Å². The van der Waals surface area contributed by atoms with Gasteiger partial charge in [0.25, 0.3) is 0 Å². The zero-order chi connectivity index (χ0) is 9.41. The van der Waals surface area contributed by atoms with Gasteiger partial charge in [-0.3, -0.25) is 4.79 Å². The van der Waals surface area contributed by atoms with Crippen LogP contribution in [-0.4, -0.2) is 34.9 Å². The van der Waals surface area contributed by atoms with E-state index in [4.69, 9.17) is 5.11 Å². The van der Waals surface area contributed by atoms with Gasteiger partial charge >= 0.3 is 5.97 Å². The Balaban J connectivity index is 2.63. The van der Waals surface area contributed by atoms with Crippen molar-refractivity contribution in [3.63, 3.8) is 0 Å². The van der Waals surface area contributed by atoms with E-state index in [1.807, 2.05) is 0 Å². The maximum absolute atomic E-state index is 10.8. The quantitative estimate of drug-likeness (QED) is 0.554. The van der Waals surface area contributed by atoms with E-state index in [0.29, 0.717) is 19.5 Å². The minimum Gasteiger partial charge on any atom is -0.481 e. The lowest BCUT2D eigenvalue weighted by Gasteiger charge is -2.41. The molecule has 12 heavy (non-hydrogen) atoms. The highest BCUT2D eigenvalue weighted by Gasteiger charge is 2.47. The summed E-state index contributed by atoms with van der Waals surface area (Å²) in [5, 5.41) is 21.3. The number of aliphatic hydroxyl groups is 1. The Bertz CT molecular complexity index is 191. The molecule has 4 nitrogen and oxygen atoms in total. The number of nitrogens with one attached hydrogen (secondary N) is 1. The van der Waals surface area contributed by atoms with Crippen molar-refractivity contribution in [3.05, 3.63) is 0 Å². The van der Waals surface area contributed by atoms with Crippen molar-refractivity contribution >= 4 is 5.97 Å². The van der Waals surface area contributed by atoms with Gasteiger partial charge < -0.3 is 15.5 Å². The molecule has 0 atom stereocenters. The number of carboxylic acids is 1. The fourth-order valence-electron chi connectivity index (χ4n) is 1.61. The molecule has 0 unspecified atom stereocenters. The van der Waals surface area contributed by atoms with Crippen molar-refractivity contribution in [2.24, 2.45) is 5.41 Å². The summed E-state index contributed by atoms with van der Waals surface area (Å²) in [6, 6.07) is 0. The lowest BCUT2D eigenvalue weighted by Crippen LogP contribution is -2.60. The summed E-state index contributed by atoms with van der Waals surface area (Å²) in [6.45, 7) is 4.20. The van der Waals surface area contributed by atoms with Crippen LogP contribution in [0.4, 0.5) is 0 Å². The Morgan fingerprint density at radius 2 is 2.08 bits per heavy atom. The zero-order valence-corrected chi connectivity index (χ0v) is 7.42. The SMILES string of the molecule is CC(C)(O)CC1(C(=O)O)CNC1. The first-order chi connectivity index (χ1) is 5.36. The molecule has 0 aliphatic carbocycles. The molecule has 0 radical (unpaired) electrons. The van der Waals surface area contributed by atoms with Crippen LogP contribution in [0, 0.1) is 5.41 Å². The topological polar surface area (TPSA) is 69.6 Å². The molecule has 3 N–H and O–H groups in total. The van der Waals surface area contributed by atoms with Crippen molar-refractivity contribution in [2.75, 3.05) is 13.1 Å². The number of hydrogen-bond donors (Lipinski definition) is 3. The molecule has 1 rings (SSSR count). The standard InChI is InChI=1S/C8H15NO3/c1-7(2,12)3-8(6(10)11)4-9-5-8/h9,12H,3-5H2,1-2H3,(H,10,11). The molecule has 1 aliphatic heterocycles. The molecule has 0 saturated carbocycles. The van der Waals surface area contributed by atoms with Gasteiger partial charge in [0.2, 0.25) is 0 Å². The van der Waals surface area contributed by atoms with E-state index in [-0.39, 0.29) is 0 Å². The van der Waals surface area contributed by atoms with Crippen LogP contribution in [0.25, 0.3) is 0 Å². The Hall–Kier alpha value is -0.610. The molecular weight excluding hydrogens is 158 g/mol. The molecular formula is C8H15NO3. The lowest BCUT2D eigenvalue weighted by molar-refractivity contribution is -0.156. The highest BCUT2D eigenvalue weighted by molar-refractivity contribution is 5.76. The van der Waals surface area contributed by atoms with Gasteiger partial charge in [-0.15, -0.1) is 0 Å². The summed E-state index contributed by atoms with van der Waals surface area (Å²) in [7, 11) is 0. The number of aliphatic carboxylic acids is 1. The summed E-state index contributed by atoms with van der Waals surface area (Å²) in [5.41, 5.74) is -1.64. The third-order valence-corrected chi connectivity index (χ3v) is 2.15. The predicted octanol–water partition coefficient (Wildman–Crippen LogP) is -0.178. The molecule has 0 bridgehead atoms. The van der Waals surface area contributed by atoms with E-state index in [9.17, 15) is 9.90 Å². The number of carbonyl (C=O) groups is 1. The van der Waals surface area contributed by atoms with E-state index >= 15 is 0 Å². The average Bonchev–Trinajstić information content (AvgIpc) is 1.75. The lowest BCUT2D eigenvalue weighted by atomic mass is 9.74. The first kappa shape index (κ1) is 9.48. The Morgan fingerprint density at radius 3 is 2.17 bits per heavy atom. The first-order valence-corrected chi connectivity index (χ1v) is 4.02. The van der Waals surface area contributed by atoms with Gasteiger partial charge in [-0.05, 0) is 20.3 Å². The van der Waals surface area contributed by atoms with Crippen LogP contribution in [0.5, 0.6) is 0 Å². The molecule has 70 valence electrons. The summed E-state index contributed by atoms with van der Waals surface area (Å²) in [4.78, 5) is 10.8. The summed E-state index contributed by atoms with van der Waals surface area (Å²) in [6.07, 6.45) is 0.308. The van der Waals surface area contributed by atoms with E-state index < -0.39 is 17.0 Å². The second-order valence-electron chi connectivity index (χ2n) is 4.18. The van der Waals surface area contributed by atoms with Gasteiger partial charge in [-0.2, -0.15) is 0 Å². The van der Waals surface area contributed by atoms with Crippen molar-refractivity contribution in [3.8, 4) is 0 Å². The van der Waals surface area contributed by atoms with Crippen LogP contribution < -0.4 is 5.32 Å². The average molecular weight is 173 g/mol. The highest BCUT2D eigenvalue weighted by atomic mass is 16.4. The smallest absolute Gasteiger partial charge is 0.312 e. The summed E-state index contributed by atoms with van der Waals surface area (Å²) < 4.78 is 0. The van der Waals surface area contributed by atoms with Crippen molar-refractivity contribution < 1.29 is 15.0 Å². The third-order valence-electron chi connectivity index (χ3n) is 2.15. The minimum atomic E-state index is -0.902. The van der Waals surface area contributed by atoms with E-state index in [0.717, 1.165) is 0 Å². The molecule has 0 amide bonds. The third kappa shape index (κ3) is 1.76. The molecule has 1 saturated heterocycles. The number of carboxylic acid groups (broad SMARTS) is 1. The van der Waals surface area contributed by atoms with Gasteiger partial charge in [-0.25, -0.2) is 0 Å². The van der Waals surface area contributed by atoms with Gasteiger partial charge in [0.15, 0.2) is 0 Å². The normalized spacial score (nSPS) is 21.6. The van der Waals surface area contributed by atoms with Crippen LogP contribution in [0.3, 0.4) is 0 Å². The monoisotopic (exact) mass is 173 g/mol. The minimum absolute atomic E-state index is 0.308. The van der Waals surface area contributed by atoms with Crippen LogP contribution in [0.1, 0.15) is 20.3 Å². The molecule has 0 aromatic rings. The highest BCUT2D eigenvalue weighted by Crippen LogP contribution is 2.32. The van der Waals surface area contributed by atoms with E-state index in [1.54, 1.807) is 13.8 Å². The van der Waals surface area contributed by atoms with Gasteiger partial charge in [0.05, 0.1) is 11.0 Å². The summed E-state index contributed by atoms with van der Waals surface area (Å²) >= 11 is 0. The van der Waals surface area contributed by atoms with E-state index in [1.165, 1.54) is 0 Å². The number of rotatable bonds is 3. The molecule has 0 aromatic heterocycles. The fourth-order valence-corrected chi connectivity index (χ4v) is 1.61. The molecule has 1 fully saturated rings. The van der Waals surface area contributed by atoms with Crippen LogP contribution in [-0.2, 0) is 4.79 Å². The second-order valence-corrected chi connectivity index (χ2v) is 4.18. The second kappa shape index (κ2) is 2.71. The molecule has 1 heterocycles. The van der Waals surface area contributed by atoms with Crippen LogP contribution in [0.15, 0.2) is 0 Å². The maximum Gasteiger partial charge on any atom is 0.312 e. The van der Waals surface area contributed by atoms with E-state index in [2.05, 4.69) is 5.32 Å². The van der Waals surface area contributed by atoms with Crippen molar-refractivity contribution in [2.45, 2.75) is 25.9 Å². The zero-order valence-electron chi connectivity index (χ0n) is 7.42. The Morgan fingerprint density at radius 1 is 1.58 bits per heavy atom. The van der Waals surface area contributed by atoms with Crippen molar-refractivity contribution in [1.82, 2.24) is 5.32 Å². The first-order valence-electron chi connectivity index (χ1n) is 4.02. The molecule has 0 spiro atoms. The van der Waals surface area contributed by atoms with Crippen LogP contribution in [0.2, 0.25) is 0 Å².